The van der Waals surface area contributed by atoms with Crippen molar-refractivity contribution in [2.75, 3.05) is 12.3 Å². The van der Waals surface area contributed by atoms with Crippen LogP contribution in [-0.2, 0) is 16.1 Å². The predicted molar refractivity (Wildman–Crippen MR) is 60.8 cm³/mol. The van der Waals surface area contributed by atoms with Crippen molar-refractivity contribution in [3.8, 4) is 0 Å². The smallest absolute Gasteiger partial charge is 0.242 e. The topological polar surface area (TPSA) is 102 Å². The fourth-order valence-electron chi connectivity index (χ4n) is 1.74. The van der Waals surface area contributed by atoms with E-state index in [1.165, 1.54) is 10.9 Å². The molecule has 1 atom stereocenters. The monoisotopic (exact) mass is 237 g/mol. The minimum Gasteiger partial charge on any atom is -0.396 e. The van der Waals surface area contributed by atoms with Crippen molar-refractivity contribution in [3.63, 3.8) is 0 Å². The van der Waals surface area contributed by atoms with E-state index in [4.69, 9.17) is 5.73 Å². The van der Waals surface area contributed by atoms with E-state index in [-0.39, 0.29) is 24.4 Å². The molecule has 4 N–H and O–H groups in total. The molecule has 1 aliphatic rings. The SMILES string of the molecule is Nc1cnn(CC(=O)NC2CCC(=O)NC2)c1. The molecule has 1 aliphatic heterocycles. The second-order valence-corrected chi connectivity index (χ2v) is 4.08. The Morgan fingerprint density at radius 1 is 1.71 bits per heavy atom. The largest absolute Gasteiger partial charge is 0.396 e. The third-order valence-electron chi connectivity index (χ3n) is 2.59. The number of rotatable bonds is 3. The third-order valence-corrected chi connectivity index (χ3v) is 2.59. The molecular weight excluding hydrogens is 222 g/mol. The van der Waals surface area contributed by atoms with Gasteiger partial charge in [-0.3, -0.25) is 14.3 Å². The van der Waals surface area contributed by atoms with Crippen molar-refractivity contribution < 1.29 is 9.59 Å². The fourth-order valence-corrected chi connectivity index (χ4v) is 1.74. The lowest BCUT2D eigenvalue weighted by atomic mass is 10.1. The number of hydrogen-bond donors (Lipinski definition) is 3. The number of amides is 2. The molecule has 17 heavy (non-hydrogen) atoms. The van der Waals surface area contributed by atoms with Crippen molar-refractivity contribution in [2.24, 2.45) is 0 Å². The summed E-state index contributed by atoms with van der Waals surface area (Å²) in [4.78, 5) is 22.6. The minimum atomic E-state index is -0.130. The molecule has 7 nitrogen and oxygen atoms in total. The van der Waals surface area contributed by atoms with Crippen LogP contribution in [0.15, 0.2) is 12.4 Å². The number of carbonyl (C=O) groups is 2. The molecule has 1 aromatic rings. The molecule has 2 rings (SSSR count). The van der Waals surface area contributed by atoms with Crippen LogP contribution in [0.1, 0.15) is 12.8 Å². The number of aromatic nitrogens is 2. The molecule has 0 aromatic carbocycles. The van der Waals surface area contributed by atoms with Crippen molar-refractivity contribution >= 4 is 17.5 Å². The summed E-state index contributed by atoms with van der Waals surface area (Å²) in [6.07, 6.45) is 4.23. The van der Waals surface area contributed by atoms with Gasteiger partial charge < -0.3 is 16.4 Å². The Morgan fingerprint density at radius 2 is 2.53 bits per heavy atom. The van der Waals surface area contributed by atoms with E-state index >= 15 is 0 Å². The number of hydrogen-bond acceptors (Lipinski definition) is 4. The first kappa shape index (κ1) is 11.4. The molecule has 0 bridgehead atoms. The van der Waals surface area contributed by atoms with Gasteiger partial charge in [-0.05, 0) is 6.42 Å². The van der Waals surface area contributed by atoms with Crippen molar-refractivity contribution in [3.05, 3.63) is 12.4 Å². The Bertz CT molecular complexity index is 418. The molecule has 1 fully saturated rings. The van der Waals surface area contributed by atoms with Gasteiger partial charge in [0.2, 0.25) is 11.8 Å². The molecule has 7 heteroatoms. The highest BCUT2D eigenvalue weighted by Gasteiger charge is 2.19. The molecule has 1 aromatic heterocycles. The van der Waals surface area contributed by atoms with Crippen LogP contribution in [0.2, 0.25) is 0 Å². The second kappa shape index (κ2) is 4.86. The average Bonchev–Trinajstić information content (AvgIpc) is 2.67. The maximum atomic E-state index is 11.6. The van der Waals surface area contributed by atoms with Crippen LogP contribution in [0.4, 0.5) is 5.69 Å². The van der Waals surface area contributed by atoms with E-state index in [1.807, 2.05) is 0 Å². The summed E-state index contributed by atoms with van der Waals surface area (Å²) in [7, 11) is 0. The Balaban J connectivity index is 1.79. The van der Waals surface area contributed by atoms with Gasteiger partial charge in [-0.1, -0.05) is 0 Å². The number of nitrogens with zero attached hydrogens (tertiary/aromatic N) is 2. The van der Waals surface area contributed by atoms with Crippen LogP contribution >= 0.6 is 0 Å². The zero-order chi connectivity index (χ0) is 12.3. The minimum absolute atomic E-state index is 0.00751. The molecular formula is C10H15N5O2. The summed E-state index contributed by atoms with van der Waals surface area (Å²) >= 11 is 0. The Kier molecular flexibility index (Phi) is 3.27. The molecule has 2 heterocycles. The van der Waals surface area contributed by atoms with Gasteiger partial charge in [-0.2, -0.15) is 5.10 Å². The summed E-state index contributed by atoms with van der Waals surface area (Å²) in [5.74, 6) is -0.0930. The van der Waals surface area contributed by atoms with Gasteiger partial charge >= 0.3 is 0 Å². The molecule has 92 valence electrons. The number of anilines is 1. The Hall–Kier alpha value is -2.05. The molecule has 1 unspecified atom stereocenters. The summed E-state index contributed by atoms with van der Waals surface area (Å²) in [6, 6.07) is 0.00751. The van der Waals surface area contributed by atoms with Gasteiger partial charge in [0, 0.05) is 25.2 Å². The normalized spacial score (nSPS) is 19.8. The van der Waals surface area contributed by atoms with Gasteiger partial charge in [-0.15, -0.1) is 0 Å². The average molecular weight is 237 g/mol. The first-order valence-corrected chi connectivity index (χ1v) is 5.47. The van der Waals surface area contributed by atoms with Crippen LogP contribution in [0.5, 0.6) is 0 Å². The van der Waals surface area contributed by atoms with Crippen molar-refractivity contribution in [1.82, 2.24) is 20.4 Å². The van der Waals surface area contributed by atoms with E-state index in [1.54, 1.807) is 6.20 Å². The highest BCUT2D eigenvalue weighted by Crippen LogP contribution is 2.03. The second-order valence-electron chi connectivity index (χ2n) is 4.08. The quantitative estimate of drug-likeness (QED) is 0.618. The van der Waals surface area contributed by atoms with Crippen LogP contribution in [0, 0.1) is 0 Å². The standard InChI is InChI=1S/C10H15N5O2/c11-7-3-13-15(5-7)6-10(17)14-8-1-2-9(16)12-4-8/h3,5,8H,1-2,4,6,11H2,(H,12,16)(H,14,17). The number of nitrogens with two attached hydrogens (primary N) is 1. The highest BCUT2D eigenvalue weighted by atomic mass is 16.2. The fraction of sp³-hybridized carbons (Fsp3) is 0.500. The third kappa shape index (κ3) is 3.20. The van der Waals surface area contributed by atoms with E-state index in [0.29, 0.717) is 25.1 Å². The van der Waals surface area contributed by atoms with Gasteiger partial charge in [-0.25, -0.2) is 0 Å². The number of nitrogens with one attached hydrogen (secondary N) is 2. The maximum absolute atomic E-state index is 11.6. The lowest BCUT2D eigenvalue weighted by Crippen LogP contribution is -2.48. The van der Waals surface area contributed by atoms with E-state index in [0.717, 1.165) is 0 Å². The van der Waals surface area contributed by atoms with Crippen LogP contribution in [0.25, 0.3) is 0 Å². The molecule has 0 saturated carbocycles. The maximum Gasteiger partial charge on any atom is 0.242 e. The van der Waals surface area contributed by atoms with Gasteiger partial charge in [0.15, 0.2) is 0 Å². The lowest BCUT2D eigenvalue weighted by Gasteiger charge is -2.23. The van der Waals surface area contributed by atoms with Crippen LogP contribution in [0.3, 0.4) is 0 Å². The predicted octanol–water partition coefficient (Wildman–Crippen LogP) is -1.14. The van der Waals surface area contributed by atoms with Crippen LogP contribution in [-0.4, -0.2) is 34.2 Å². The summed E-state index contributed by atoms with van der Waals surface area (Å²) in [5, 5.41) is 9.47. The summed E-state index contributed by atoms with van der Waals surface area (Å²) in [5.41, 5.74) is 6.02. The first-order chi connectivity index (χ1) is 8.13. The summed E-state index contributed by atoms with van der Waals surface area (Å²) < 4.78 is 1.48. The molecule has 0 aliphatic carbocycles. The molecule has 1 saturated heterocycles. The Morgan fingerprint density at radius 3 is 3.12 bits per heavy atom. The lowest BCUT2D eigenvalue weighted by molar-refractivity contribution is -0.126. The molecule has 0 radical (unpaired) electrons. The first-order valence-electron chi connectivity index (χ1n) is 5.47. The number of piperidine rings is 1. The molecule has 0 spiro atoms. The van der Waals surface area contributed by atoms with Gasteiger partial charge in [0.1, 0.15) is 6.54 Å². The Labute approximate surface area is 98.4 Å². The van der Waals surface area contributed by atoms with Gasteiger partial charge in [0.05, 0.1) is 11.9 Å². The zero-order valence-electron chi connectivity index (χ0n) is 9.35. The zero-order valence-corrected chi connectivity index (χ0v) is 9.35. The van der Waals surface area contributed by atoms with Crippen LogP contribution < -0.4 is 16.4 Å². The van der Waals surface area contributed by atoms with Crippen molar-refractivity contribution in [2.45, 2.75) is 25.4 Å². The summed E-state index contributed by atoms with van der Waals surface area (Å²) in [6.45, 7) is 0.632. The number of nitrogen functional groups attached to an aromatic ring is 1. The number of carbonyl (C=O) groups excluding carboxylic acids is 2. The van der Waals surface area contributed by atoms with E-state index < -0.39 is 0 Å². The highest BCUT2D eigenvalue weighted by molar-refractivity contribution is 5.78. The van der Waals surface area contributed by atoms with E-state index in [2.05, 4.69) is 15.7 Å². The molecule has 2 amide bonds. The van der Waals surface area contributed by atoms with Crippen molar-refractivity contribution in [1.29, 1.82) is 0 Å². The van der Waals surface area contributed by atoms with Gasteiger partial charge in [0.25, 0.3) is 0 Å². The van der Waals surface area contributed by atoms with E-state index in [9.17, 15) is 9.59 Å².